The maximum absolute atomic E-state index is 13.1. The Labute approximate surface area is 210 Å². The molecule has 2 aromatic carbocycles. The lowest BCUT2D eigenvalue weighted by Gasteiger charge is -2.26. The predicted octanol–water partition coefficient (Wildman–Crippen LogP) is 7.21. The van der Waals surface area contributed by atoms with Crippen molar-refractivity contribution in [1.82, 2.24) is 4.98 Å². The SMILES string of the molecule is CC(Cl)(Cl)C(C(=O)Nc1ccc(Cl)c(NC(=O)c2ccccn2)c1)c1cc(Cl)cc(Cl)c1. The number of carbonyl (C=O) groups excluding carboxylic acids is 2. The van der Waals surface area contributed by atoms with Gasteiger partial charge in [-0.3, -0.25) is 14.6 Å². The van der Waals surface area contributed by atoms with E-state index in [1.807, 2.05) is 0 Å². The maximum Gasteiger partial charge on any atom is 0.274 e. The van der Waals surface area contributed by atoms with Crippen LogP contribution in [0.2, 0.25) is 15.1 Å². The standard InChI is InChI=1S/C22H16Cl5N3O2/c1-22(26,27)19(12-8-13(23)10-14(24)9-12)21(32)29-15-5-6-16(25)18(11-15)30-20(31)17-4-2-3-7-28-17/h2-11,19H,1H3,(H,29,32)(H,30,31). The second-order valence-corrected chi connectivity index (χ2v) is 9.99. The van der Waals surface area contributed by atoms with Gasteiger partial charge in [0.25, 0.3) is 5.91 Å². The molecule has 0 spiro atoms. The van der Waals surface area contributed by atoms with Crippen LogP contribution in [0.4, 0.5) is 11.4 Å². The number of amides is 2. The first-order valence-corrected chi connectivity index (χ1v) is 11.1. The van der Waals surface area contributed by atoms with Crippen LogP contribution in [-0.4, -0.2) is 21.1 Å². The van der Waals surface area contributed by atoms with Crippen LogP contribution in [0.5, 0.6) is 0 Å². The lowest BCUT2D eigenvalue weighted by atomic mass is 9.94. The fourth-order valence-electron chi connectivity index (χ4n) is 3.01. The fraction of sp³-hybridized carbons (Fsp3) is 0.136. The Hall–Kier alpha value is -2.02. The monoisotopic (exact) mass is 529 g/mol. The van der Waals surface area contributed by atoms with E-state index in [4.69, 9.17) is 58.0 Å². The summed E-state index contributed by atoms with van der Waals surface area (Å²) in [6.07, 6.45) is 1.50. The molecule has 0 saturated carbocycles. The smallest absolute Gasteiger partial charge is 0.274 e. The molecule has 32 heavy (non-hydrogen) atoms. The van der Waals surface area contributed by atoms with Gasteiger partial charge in [0, 0.05) is 21.9 Å². The molecular formula is C22H16Cl5N3O2. The van der Waals surface area contributed by atoms with E-state index in [0.29, 0.717) is 27.0 Å². The molecule has 0 aliphatic rings. The molecule has 1 unspecified atom stereocenters. The van der Waals surface area contributed by atoms with Gasteiger partial charge in [-0.05, 0) is 61.0 Å². The average Bonchev–Trinajstić information content (AvgIpc) is 2.69. The molecule has 1 atom stereocenters. The van der Waals surface area contributed by atoms with Gasteiger partial charge >= 0.3 is 0 Å². The number of hydrogen-bond acceptors (Lipinski definition) is 3. The minimum atomic E-state index is -1.47. The van der Waals surface area contributed by atoms with Crippen molar-refractivity contribution >= 4 is 81.2 Å². The zero-order chi connectivity index (χ0) is 23.5. The van der Waals surface area contributed by atoms with E-state index in [-0.39, 0.29) is 10.7 Å². The quantitative estimate of drug-likeness (QED) is 0.330. The van der Waals surface area contributed by atoms with Gasteiger partial charge in [-0.25, -0.2) is 0 Å². The highest BCUT2D eigenvalue weighted by Gasteiger charge is 2.37. The van der Waals surface area contributed by atoms with E-state index in [1.165, 1.54) is 31.3 Å². The number of alkyl halides is 2. The first-order chi connectivity index (χ1) is 15.0. The lowest BCUT2D eigenvalue weighted by molar-refractivity contribution is -0.117. The Balaban J connectivity index is 1.86. The molecule has 0 saturated heterocycles. The summed E-state index contributed by atoms with van der Waals surface area (Å²) in [6.45, 7) is 1.50. The molecule has 0 aliphatic carbocycles. The van der Waals surface area contributed by atoms with Gasteiger partial charge in [0.1, 0.15) is 10.0 Å². The molecule has 10 heteroatoms. The Morgan fingerprint density at radius 1 is 0.938 bits per heavy atom. The first-order valence-electron chi connectivity index (χ1n) is 9.21. The van der Waals surface area contributed by atoms with Crippen LogP contribution in [0.15, 0.2) is 60.8 Å². The fourth-order valence-corrected chi connectivity index (χ4v) is 4.17. The van der Waals surface area contributed by atoms with E-state index < -0.39 is 22.1 Å². The summed E-state index contributed by atoms with van der Waals surface area (Å²) in [5.74, 6) is -1.94. The summed E-state index contributed by atoms with van der Waals surface area (Å²) in [5.41, 5.74) is 1.33. The van der Waals surface area contributed by atoms with Crippen LogP contribution in [0.3, 0.4) is 0 Å². The number of rotatable bonds is 6. The normalized spacial score (nSPS) is 12.2. The molecule has 1 heterocycles. The van der Waals surface area contributed by atoms with Gasteiger partial charge in [0.05, 0.1) is 16.6 Å². The number of aromatic nitrogens is 1. The highest BCUT2D eigenvalue weighted by atomic mass is 35.5. The summed E-state index contributed by atoms with van der Waals surface area (Å²) in [5, 5.41) is 6.39. The van der Waals surface area contributed by atoms with Crippen molar-refractivity contribution in [3.05, 3.63) is 87.1 Å². The Morgan fingerprint density at radius 3 is 2.22 bits per heavy atom. The van der Waals surface area contributed by atoms with Gasteiger partial charge in [-0.1, -0.05) is 40.9 Å². The van der Waals surface area contributed by atoms with E-state index in [9.17, 15) is 9.59 Å². The molecule has 0 bridgehead atoms. The van der Waals surface area contributed by atoms with Gasteiger partial charge in [0.2, 0.25) is 5.91 Å². The highest BCUT2D eigenvalue weighted by Crippen LogP contribution is 2.40. The third kappa shape index (κ3) is 6.27. The van der Waals surface area contributed by atoms with Crippen molar-refractivity contribution in [3.63, 3.8) is 0 Å². The molecule has 2 amide bonds. The minimum absolute atomic E-state index is 0.218. The molecule has 3 aromatic rings. The van der Waals surface area contributed by atoms with Gasteiger partial charge in [-0.15, -0.1) is 23.2 Å². The van der Waals surface area contributed by atoms with Crippen LogP contribution in [0, 0.1) is 0 Å². The van der Waals surface area contributed by atoms with E-state index >= 15 is 0 Å². The Kier molecular flexibility index (Phi) is 7.91. The number of pyridine rings is 1. The maximum atomic E-state index is 13.1. The Bertz CT molecular complexity index is 1130. The van der Waals surface area contributed by atoms with Crippen molar-refractivity contribution < 1.29 is 9.59 Å². The summed E-state index contributed by atoms with van der Waals surface area (Å²) < 4.78 is -1.47. The summed E-state index contributed by atoms with van der Waals surface area (Å²) in [7, 11) is 0. The minimum Gasteiger partial charge on any atom is -0.325 e. The number of halogens is 5. The van der Waals surface area contributed by atoms with Gasteiger partial charge < -0.3 is 10.6 Å². The van der Waals surface area contributed by atoms with Crippen LogP contribution in [0.1, 0.15) is 28.9 Å². The predicted molar refractivity (Wildman–Crippen MR) is 132 cm³/mol. The van der Waals surface area contributed by atoms with Crippen molar-refractivity contribution in [2.75, 3.05) is 10.6 Å². The second kappa shape index (κ2) is 10.3. The van der Waals surface area contributed by atoms with Crippen LogP contribution in [-0.2, 0) is 4.79 Å². The third-order valence-electron chi connectivity index (χ3n) is 4.37. The average molecular weight is 532 g/mol. The molecule has 166 valence electrons. The van der Waals surface area contributed by atoms with Crippen LogP contribution in [0.25, 0.3) is 0 Å². The topological polar surface area (TPSA) is 71.1 Å². The number of hydrogen-bond donors (Lipinski definition) is 2. The number of nitrogens with zero attached hydrogens (tertiary/aromatic N) is 1. The van der Waals surface area contributed by atoms with Crippen molar-refractivity contribution in [3.8, 4) is 0 Å². The Morgan fingerprint density at radius 2 is 1.62 bits per heavy atom. The number of nitrogens with one attached hydrogen (secondary N) is 2. The zero-order valence-electron chi connectivity index (χ0n) is 16.5. The number of carbonyl (C=O) groups is 2. The largest absolute Gasteiger partial charge is 0.325 e. The summed E-state index contributed by atoms with van der Waals surface area (Å²) >= 11 is 31.0. The first kappa shape index (κ1) is 24.6. The molecule has 3 rings (SSSR count). The van der Waals surface area contributed by atoms with Crippen molar-refractivity contribution in [2.45, 2.75) is 17.2 Å². The summed E-state index contributed by atoms with van der Waals surface area (Å²) in [6, 6.07) is 14.3. The molecule has 5 nitrogen and oxygen atoms in total. The van der Waals surface area contributed by atoms with Gasteiger partial charge in [0.15, 0.2) is 0 Å². The van der Waals surface area contributed by atoms with E-state index in [2.05, 4.69) is 15.6 Å². The van der Waals surface area contributed by atoms with E-state index in [0.717, 1.165) is 0 Å². The van der Waals surface area contributed by atoms with Gasteiger partial charge in [-0.2, -0.15) is 0 Å². The van der Waals surface area contributed by atoms with E-state index in [1.54, 1.807) is 36.4 Å². The van der Waals surface area contributed by atoms with Crippen molar-refractivity contribution in [2.24, 2.45) is 0 Å². The van der Waals surface area contributed by atoms with Crippen molar-refractivity contribution in [1.29, 1.82) is 0 Å². The molecule has 0 radical (unpaired) electrons. The number of anilines is 2. The molecular weight excluding hydrogens is 516 g/mol. The highest BCUT2D eigenvalue weighted by molar-refractivity contribution is 6.50. The molecule has 0 aliphatic heterocycles. The van der Waals surface area contributed by atoms with Crippen LogP contribution < -0.4 is 10.6 Å². The molecule has 0 fully saturated rings. The molecule has 2 N–H and O–H groups in total. The lowest BCUT2D eigenvalue weighted by Crippen LogP contribution is -2.32. The zero-order valence-corrected chi connectivity index (χ0v) is 20.3. The molecule has 1 aromatic heterocycles. The second-order valence-electron chi connectivity index (χ2n) is 6.95. The number of benzene rings is 2. The summed E-state index contributed by atoms with van der Waals surface area (Å²) in [4.78, 5) is 29.5. The third-order valence-corrected chi connectivity index (χ3v) is 5.57. The van der Waals surface area contributed by atoms with Crippen LogP contribution >= 0.6 is 58.0 Å².